The van der Waals surface area contributed by atoms with Crippen molar-refractivity contribution in [2.75, 3.05) is 25.5 Å². The maximum Gasteiger partial charge on any atom is 0.269 e. The number of sulfonamides is 1. The maximum atomic E-state index is 12.4. The molecule has 0 saturated carbocycles. The summed E-state index contributed by atoms with van der Waals surface area (Å²) in [4.78, 5) is 38.2. The van der Waals surface area contributed by atoms with E-state index in [9.17, 15) is 22.8 Å². The molecule has 0 aromatic heterocycles. The summed E-state index contributed by atoms with van der Waals surface area (Å²) in [6, 6.07) is 12.1. The fraction of sp³-hybridized carbons (Fsp3) is 0.250. The first-order valence-corrected chi connectivity index (χ1v) is 10.7. The number of amides is 3. The van der Waals surface area contributed by atoms with E-state index in [4.69, 9.17) is 0 Å². The Balaban J connectivity index is 1.68. The summed E-state index contributed by atoms with van der Waals surface area (Å²) in [5.74, 6) is -1.22. The number of hydrogen-bond acceptors (Lipinski definition) is 5. The Morgan fingerprint density at radius 2 is 1.57 bits per heavy atom. The monoisotopic (exact) mass is 430 g/mol. The van der Waals surface area contributed by atoms with Crippen LogP contribution in [0.25, 0.3) is 0 Å². The van der Waals surface area contributed by atoms with Crippen LogP contribution >= 0.6 is 0 Å². The van der Waals surface area contributed by atoms with Crippen molar-refractivity contribution in [1.29, 1.82) is 0 Å². The van der Waals surface area contributed by atoms with Gasteiger partial charge in [0.1, 0.15) is 0 Å². The van der Waals surface area contributed by atoms with Gasteiger partial charge in [0.25, 0.3) is 11.8 Å². The molecule has 158 valence electrons. The van der Waals surface area contributed by atoms with Crippen LogP contribution in [0.3, 0.4) is 0 Å². The number of benzene rings is 2. The Labute approximate surface area is 174 Å². The molecular weight excluding hydrogens is 408 g/mol. The molecule has 2 N–H and O–H groups in total. The van der Waals surface area contributed by atoms with Crippen LogP contribution in [-0.2, 0) is 14.8 Å². The minimum atomic E-state index is -3.69. The Bertz CT molecular complexity index is 1100. The number of carbonyl (C=O) groups excluding carboxylic acids is 3. The van der Waals surface area contributed by atoms with Crippen molar-refractivity contribution in [1.82, 2.24) is 15.2 Å². The molecule has 2 aromatic rings. The predicted octanol–water partition coefficient (Wildman–Crippen LogP) is 1.14. The lowest BCUT2D eigenvalue weighted by atomic mass is 10.2. The predicted molar refractivity (Wildman–Crippen MR) is 110 cm³/mol. The molecule has 1 saturated heterocycles. The second kappa shape index (κ2) is 8.64. The summed E-state index contributed by atoms with van der Waals surface area (Å²) in [6.07, 6.45) is 1.25. The third-order valence-corrected chi connectivity index (χ3v) is 6.47. The summed E-state index contributed by atoms with van der Waals surface area (Å²) in [5, 5.41) is 0. The third kappa shape index (κ3) is 4.50. The number of nitrogens with zero attached hydrogens (tertiary/aromatic N) is 2. The Kier molecular flexibility index (Phi) is 6.18. The summed E-state index contributed by atoms with van der Waals surface area (Å²) >= 11 is 0. The van der Waals surface area contributed by atoms with Gasteiger partial charge in [0.05, 0.1) is 4.90 Å². The minimum absolute atomic E-state index is 0.00780. The molecule has 1 heterocycles. The molecule has 0 radical (unpaired) electrons. The average molecular weight is 430 g/mol. The first-order chi connectivity index (χ1) is 14.2. The molecule has 3 amide bonds. The van der Waals surface area contributed by atoms with E-state index in [1.165, 1.54) is 38.4 Å². The molecule has 0 unspecified atom stereocenters. The van der Waals surface area contributed by atoms with Crippen LogP contribution in [0.1, 0.15) is 33.6 Å². The SMILES string of the molecule is CN(C)S(=O)(=O)c1cccc(C(=O)NNC(=O)c2cccc(N3CCCC3=O)c2)c1. The van der Waals surface area contributed by atoms with Gasteiger partial charge in [0, 0.05) is 43.9 Å². The number of carbonyl (C=O) groups is 3. The molecule has 10 heteroatoms. The lowest BCUT2D eigenvalue weighted by Gasteiger charge is -2.16. The van der Waals surface area contributed by atoms with E-state index in [1.807, 2.05) is 0 Å². The highest BCUT2D eigenvalue weighted by molar-refractivity contribution is 7.89. The summed E-state index contributed by atoms with van der Waals surface area (Å²) in [5.41, 5.74) is 5.56. The molecule has 9 nitrogen and oxygen atoms in total. The molecule has 0 aliphatic carbocycles. The van der Waals surface area contributed by atoms with Gasteiger partial charge in [0.2, 0.25) is 15.9 Å². The molecular formula is C20H22N4O5S. The number of nitrogens with one attached hydrogen (secondary N) is 2. The molecule has 30 heavy (non-hydrogen) atoms. The zero-order valence-electron chi connectivity index (χ0n) is 16.6. The van der Waals surface area contributed by atoms with Crippen LogP contribution in [0.15, 0.2) is 53.4 Å². The topological polar surface area (TPSA) is 116 Å². The van der Waals surface area contributed by atoms with Gasteiger partial charge in [-0.15, -0.1) is 0 Å². The first-order valence-electron chi connectivity index (χ1n) is 9.24. The van der Waals surface area contributed by atoms with Crippen LogP contribution in [-0.4, -0.2) is 51.1 Å². The van der Waals surface area contributed by atoms with Crippen LogP contribution < -0.4 is 15.8 Å². The second-order valence-corrected chi connectivity index (χ2v) is 9.07. The van der Waals surface area contributed by atoms with Crippen LogP contribution in [0.2, 0.25) is 0 Å². The van der Waals surface area contributed by atoms with Gasteiger partial charge in [-0.2, -0.15) is 0 Å². The molecule has 0 spiro atoms. The Morgan fingerprint density at radius 3 is 2.13 bits per heavy atom. The number of anilines is 1. The van der Waals surface area contributed by atoms with E-state index < -0.39 is 21.8 Å². The number of hydrazine groups is 1. The van der Waals surface area contributed by atoms with Gasteiger partial charge in [0.15, 0.2) is 0 Å². The normalized spacial score (nSPS) is 14.1. The van der Waals surface area contributed by atoms with E-state index in [2.05, 4.69) is 10.9 Å². The van der Waals surface area contributed by atoms with Gasteiger partial charge in [-0.05, 0) is 42.8 Å². The highest BCUT2D eigenvalue weighted by atomic mass is 32.2. The van der Waals surface area contributed by atoms with E-state index in [0.717, 1.165) is 10.7 Å². The standard InChI is InChI=1S/C20H22N4O5S/c1-23(2)30(28,29)17-9-4-7-15(13-17)20(27)22-21-19(26)14-6-3-8-16(12-14)24-11-5-10-18(24)25/h3-4,6-9,12-13H,5,10-11H2,1-2H3,(H,21,26)(H,22,27). The number of hydrogen-bond donors (Lipinski definition) is 2. The van der Waals surface area contributed by atoms with Gasteiger partial charge in [-0.3, -0.25) is 25.2 Å². The van der Waals surface area contributed by atoms with Crippen LogP contribution in [0.4, 0.5) is 5.69 Å². The minimum Gasteiger partial charge on any atom is -0.312 e. The largest absolute Gasteiger partial charge is 0.312 e. The van der Waals surface area contributed by atoms with Crippen molar-refractivity contribution < 1.29 is 22.8 Å². The van der Waals surface area contributed by atoms with Gasteiger partial charge in [-0.1, -0.05) is 12.1 Å². The lowest BCUT2D eigenvalue weighted by Crippen LogP contribution is -2.41. The summed E-state index contributed by atoms with van der Waals surface area (Å²) in [6.45, 7) is 0.604. The highest BCUT2D eigenvalue weighted by Crippen LogP contribution is 2.22. The van der Waals surface area contributed by atoms with Crippen molar-refractivity contribution in [2.24, 2.45) is 0 Å². The van der Waals surface area contributed by atoms with Crippen molar-refractivity contribution in [2.45, 2.75) is 17.7 Å². The van der Waals surface area contributed by atoms with E-state index in [0.29, 0.717) is 18.7 Å². The molecule has 2 aromatic carbocycles. The van der Waals surface area contributed by atoms with Gasteiger partial charge >= 0.3 is 0 Å². The zero-order valence-corrected chi connectivity index (χ0v) is 17.4. The maximum absolute atomic E-state index is 12.4. The lowest BCUT2D eigenvalue weighted by molar-refractivity contribution is -0.117. The Hall–Kier alpha value is -3.24. The van der Waals surface area contributed by atoms with Gasteiger partial charge in [-0.25, -0.2) is 12.7 Å². The van der Waals surface area contributed by atoms with Crippen LogP contribution in [0.5, 0.6) is 0 Å². The van der Waals surface area contributed by atoms with Crippen molar-refractivity contribution in [3.63, 3.8) is 0 Å². The van der Waals surface area contributed by atoms with Crippen molar-refractivity contribution in [3.8, 4) is 0 Å². The zero-order chi connectivity index (χ0) is 21.9. The molecule has 1 aliphatic rings. The fourth-order valence-electron chi connectivity index (χ4n) is 3.00. The first kappa shape index (κ1) is 21.5. The summed E-state index contributed by atoms with van der Waals surface area (Å²) in [7, 11) is -0.901. The quantitative estimate of drug-likeness (QED) is 0.690. The molecule has 0 atom stereocenters. The van der Waals surface area contributed by atoms with Crippen molar-refractivity contribution >= 4 is 33.4 Å². The molecule has 1 fully saturated rings. The van der Waals surface area contributed by atoms with E-state index in [-0.39, 0.29) is 21.9 Å². The number of rotatable bonds is 5. The van der Waals surface area contributed by atoms with Crippen molar-refractivity contribution in [3.05, 3.63) is 59.7 Å². The molecule has 1 aliphatic heterocycles. The van der Waals surface area contributed by atoms with E-state index >= 15 is 0 Å². The second-order valence-electron chi connectivity index (χ2n) is 6.92. The molecule has 0 bridgehead atoms. The van der Waals surface area contributed by atoms with E-state index in [1.54, 1.807) is 29.2 Å². The average Bonchev–Trinajstić information content (AvgIpc) is 3.17. The Morgan fingerprint density at radius 1 is 0.967 bits per heavy atom. The van der Waals surface area contributed by atoms with Crippen LogP contribution in [0, 0.1) is 0 Å². The smallest absolute Gasteiger partial charge is 0.269 e. The third-order valence-electron chi connectivity index (χ3n) is 4.66. The highest BCUT2D eigenvalue weighted by Gasteiger charge is 2.22. The fourth-order valence-corrected chi connectivity index (χ4v) is 3.95. The summed E-state index contributed by atoms with van der Waals surface area (Å²) < 4.78 is 25.5. The van der Waals surface area contributed by atoms with Gasteiger partial charge < -0.3 is 4.90 Å². The molecule has 3 rings (SSSR count).